The number of nitrogens with zero attached hydrogens (tertiary/aromatic N) is 1. The molecule has 0 aromatic heterocycles. The molecule has 0 radical (unpaired) electrons. The summed E-state index contributed by atoms with van der Waals surface area (Å²) in [6.45, 7) is 6.50. The van der Waals surface area contributed by atoms with Crippen molar-refractivity contribution in [2.45, 2.75) is 27.2 Å². The quantitative estimate of drug-likeness (QED) is 0.780. The highest BCUT2D eigenvalue weighted by molar-refractivity contribution is 5.94. The second-order valence-electron chi connectivity index (χ2n) is 6.50. The van der Waals surface area contributed by atoms with Crippen LogP contribution in [0.2, 0.25) is 0 Å². The lowest BCUT2D eigenvalue weighted by Gasteiger charge is -2.23. The highest BCUT2D eigenvalue weighted by atomic mass is 16.5. The first-order chi connectivity index (χ1) is 12.5. The molecule has 2 aromatic carbocycles. The molecule has 0 saturated heterocycles. The summed E-state index contributed by atoms with van der Waals surface area (Å²) in [6.07, 6.45) is 0.242. The van der Waals surface area contributed by atoms with E-state index in [0.717, 1.165) is 0 Å². The lowest BCUT2D eigenvalue weighted by molar-refractivity contribution is -0.121. The molecule has 0 heterocycles. The predicted octanol–water partition coefficient (Wildman–Crippen LogP) is 3.99. The lowest BCUT2D eigenvalue weighted by Crippen LogP contribution is -2.35. The Labute approximate surface area is 155 Å². The lowest BCUT2D eigenvalue weighted by atomic mass is 10.2. The van der Waals surface area contributed by atoms with E-state index in [0.29, 0.717) is 36.2 Å². The Kier molecular flexibility index (Phi) is 7.21. The second-order valence-corrected chi connectivity index (χ2v) is 6.50. The first kappa shape index (κ1) is 19.5. The molecule has 138 valence electrons. The van der Waals surface area contributed by atoms with Crippen molar-refractivity contribution < 1.29 is 14.3 Å². The van der Waals surface area contributed by atoms with Crippen LogP contribution in [0, 0.1) is 5.92 Å². The van der Waals surface area contributed by atoms with Crippen LogP contribution in [0.1, 0.15) is 27.2 Å². The maximum Gasteiger partial charge on any atom is 0.223 e. The molecule has 0 aliphatic heterocycles. The summed E-state index contributed by atoms with van der Waals surface area (Å²) in [6, 6.07) is 16.7. The van der Waals surface area contributed by atoms with Gasteiger partial charge in [0.25, 0.3) is 0 Å². The van der Waals surface area contributed by atoms with Gasteiger partial charge in [0.05, 0.1) is 5.69 Å². The minimum atomic E-state index is -0.134. The number of amides is 2. The minimum absolute atomic E-state index is 0.0635. The van der Waals surface area contributed by atoms with Crippen LogP contribution >= 0.6 is 0 Å². The fourth-order valence-corrected chi connectivity index (χ4v) is 2.45. The number of hydrogen-bond donors (Lipinski definition) is 1. The van der Waals surface area contributed by atoms with Gasteiger partial charge in [0.2, 0.25) is 11.8 Å². The second kappa shape index (κ2) is 9.61. The molecule has 0 saturated carbocycles. The van der Waals surface area contributed by atoms with E-state index < -0.39 is 0 Å². The molecule has 0 aliphatic carbocycles. The zero-order valence-corrected chi connectivity index (χ0v) is 15.6. The molecular weight excluding hydrogens is 328 g/mol. The molecule has 5 nitrogen and oxygen atoms in total. The summed E-state index contributed by atoms with van der Waals surface area (Å²) in [5, 5.41) is 2.87. The Morgan fingerprint density at radius 3 is 2.35 bits per heavy atom. The summed E-state index contributed by atoms with van der Waals surface area (Å²) in [5.41, 5.74) is 0.653. The number of ether oxygens (including phenoxy) is 1. The maximum absolute atomic E-state index is 12.2. The monoisotopic (exact) mass is 354 g/mol. The normalized spacial score (nSPS) is 10.5. The Hall–Kier alpha value is -2.82. The highest BCUT2D eigenvalue weighted by Crippen LogP contribution is 2.32. The summed E-state index contributed by atoms with van der Waals surface area (Å²) < 4.78 is 5.93. The number of carbonyl (C=O) groups excluding carboxylic acids is 2. The fraction of sp³-hybridized carbons (Fsp3) is 0.333. The van der Waals surface area contributed by atoms with Crippen LogP contribution in [-0.2, 0) is 9.59 Å². The van der Waals surface area contributed by atoms with Crippen molar-refractivity contribution in [2.75, 3.05) is 18.0 Å². The van der Waals surface area contributed by atoms with Crippen molar-refractivity contribution in [3.05, 3.63) is 54.6 Å². The van der Waals surface area contributed by atoms with Gasteiger partial charge >= 0.3 is 0 Å². The molecule has 0 bridgehead atoms. The van der Waals surface area contributed by atoms with Crippen molar-refractivity contribution in [3.63, 3.8) is 0 Å². The Morgan fingerprint density at radius 2 is 1.69 bits per heavy atom. The molecule has 1 N–H and O–H groups in total. The number of benzene rings is 2. The fourth-order valence-electron chi connectivity index (χ4n) is 2.45. The topological polar surface area (TPSA) is 58.6 Å². The third-order valence-corrected chi connectivity index (χ3v) is 3.78. The number of rotatable bonds is 8. The van der Waals surface area contributed by atoms with Gasteiger partial charge in [-0.2, -0.15) is 0 Å². The molecule has 0 unspecified atom stereocenters. The summed E-state index contributed by atoms with van der Waals surface area (Å²) in [7, 11) is 0. The van der Waals surface area contributed by atoms with Crippen LogP contribution in [0.25, 0.3) is 0 Å². The summed E-state index contributed by atoms with van der Waals surface area (Å²) in [5.74, 6) is 1.47. The van der Waals surface area contributed by atoms with Gasteiger partial charge in [0, 0.05) is 26.4 Å². The SMILES string of the molecule is CC(=O)N(CCC(=O)NCC(C)C)c1ccccc1Oc1ccccc1. The van der Waals surface area contributed by atoms with Crippen molar-refractivity contribution in [3.8, 4) is 11.5 Å². The molecule has 2 aromatic rings. The van der Waals surface area contributed by atoms with Gasteiger partial charge in [-0.3, -0.25) is 9.59 Å². The van der Waals surface area contributed by atoms with E-state index in [9.17, 15) is 9.59 Å². The smallest absolute Gasteiger partial charge is 0.223 e. The number of hydrogen-bond acceptors (Lipinski definition) is 3. The van der Waals surface area contributed by atoms with Crippen molar-refractivity contribution in [2.24, 2.45) is 5.92 Å². The molecule has 26 heavy (non-hydrogen) atoms. The third-order valence-electron chi connectivity index (χ3n) is 3.78. The zero-order valence-electron chi connectivity index (χ0n) is 15.6. The van der Waals surface area contributed by atoms with Gasteiger partial charge in [0.15, 0.2) is 5.75 Å². The molecule has 5 heteroatoms. The Balaban J connectivity index is 2.12. The summed E-state index contributed by atoms with van der Waals surface area (Å²) >= 11 is 0. The largest absolute Gasteiger partial charge is 0.455 e. The van der Waals surface area contributed by atoms with Gasteiger partial charge < -0.3 is 15.0 Å². The molecule has 2 rings (SSSR count). The van der Waals surface area contributed by atoms with Crippen LogP contribution in [0.4, 0.5) is 5.69 Å². The predicted molar refractivity (Wildman–Crippen MR) is 103 cm³/mol. The van der Waals surface area contributed by atoms with E-state index in [1.54, 1.807) is 4.90 Å². The van der Waals surface area contributed by atoms with E-state index in [1.807, 2.05) is 68.4 Å². The van der Waals surface area contributed by atoms with Crippen LogP contribution in [0.15, 0.2) is 54.6 Å². The average molecular weight is 354 g/mol. The van der Waals surface area contributed by atoms with Crippen LogP contribution in [0.5, 0.6) is 11.5 Å². The maximum atomic E-state index is 12.2. The highest BCUT2D eigenvalue weighted by Gasteiger charge is 2.18. The van der Waals surface area contributed by atoms with Crippen molar-refractivity contribution in [1.29, 1.82) is 0 Å². The number of para-hydroxylation sites is 3. The molecular formula is C21H26N2O3. The van der Waals surface area contributed by atoms with Gasteiger partial charge in [-0.15, -0.1) is 0 Å². The average Bonchev–Trinajstić information content (AvgIpc) is 2.62. The Bertz CT molecular complexity index is 729. The third kappa shape index (κ3) is 5.92. The zero-order chi connectivity index (χ0) is 18.9. The van der Waals surface area contributed by atoms with Crippen LogP contribution < -0.4 is 15.0 Å². The van der Waals surface area contributed by atoms with Crippen molar-refractivity contribution in [1.82, 2.24) is 5.32 Å². The number of nitrogens with one attached hydrogen (secondary N) is 1. The molecule has 0 spiro atoms. The molecule has 0 aliphatic rings. The molecule has 0 fully saturated rings. The molecule has 2 amide bonds. The van der Waals surface area contributed by atoms with Gasteiger partial charge in [-0.05, 0) is 30.2 Å². The van der Waals surface area contributed by atoms with E-state index in [2.05, 4.69) is 5.32 Å². The van der Waals surface area contributed by atoms with E-state index in [-0.39, 0.29) is 18.2 Å². The van der Waals surface area contributed by atoms with Crippen LogP contribution in [-0.4, -0.2) is 24.9 Å². The van der Waals surface area contributed by atoms with E-state index >= 15 is 0 Å². The van der Waals surface area contributed by atoms with Gasteiger partial charge in [0.1, 0.15) is 5.75 Å². The standard InChI is InChI=1S/C21H26N2O3/c1-16(2)15-22-21(25)13-14-23(17(3)24)19-11-7-8-12-20(19)26-18-9-5-4-6-10-18/h4-12,16H,13-15H2,1-3H3,(H,22,25). The molecule has 0 atom stereocenters. The van der Waals surface area contributed by atoms with Crippen molar-refractivity contribution >= 4 is 17.5 Å². The summed E-state index contributed by atoms with van der Waals surface area (Å²) in [4.78, 5) is 25.7. The number of carbonyl (C=O) groups is 2. The van der Waals surface area contributed by atoms with E-state index in [4.69, 9.17) is 4.74 Å². The Morgan fingerprint density at radius 1 is 1.04 bits per heavy atom. The van der Waals surface area contributed by atoms with E-state index in [1.165, 1.54) is 6.92 Å². The minimum Gasteiger partial charge on any atom is -0.455 e. The first-order valence-corrected chi connectivity index (χ1v) is 8.84. The first-order valence-electron chi connectivity index (χ1n) is 8.84. The number of anilines is 1. The van der Waals surface area contributed by atoms with Gasteiger partial charge in [-0.1, -0.05) is 44.2 Å². The van der Waals surface area contributed by atoms with Gasteiger partial charge in [-0.25, -0.2) is 0 Å². The van der Waals surface area contributed by atoms with Crippen LogP contribution in [0.3, 0.4) is 0 Å².